The summed E-state index contributed by atoms with van der Waals surface area (Å²) in [6.45, 7) is 9.58. The molecule has 0 bridgehead atoms. The molecule has 9 heteroatoms. The first-order valence-electron chi connectivity index (χ1n) is 11.6. The molecule has 0 saturated carbocycles. The molecule has 1 atom stereocenters. The van der Waals surface area contributed by atoms with Crippen LogP contribution in [0.3, 0.4) is 0 Å². The molecule has 1 saturated heterocycles. The number of rotatable bonds is 7. The lowest BCUT2D eigenvalue weighted by atomic mass is 10.2. The van der Waals surface area contributed by atoms with Gasteiger partial charge >= 0.3 is 0 Å². The molecule has 178 valence electrons. The van der Waals surface area contributed by atoms with Gasteiger partial charge in [-0.05, 0) is 76.2 Å². The number of thiophene rings is 1. The fourth-order valence-electron chi connectivity index (χ4n) is 4.53. The van der Waals surface area contributed by atoms with Crippen LogP contribution in [0.1, 0.15) is 42.1 Å². The minimum Gasteiger partial charge on any atom is -0.383 e. The van der Waals surface area contributed by atoms with Crippen molar-refractivity contribution in [2.45, 2.75) is 56.4 Å². The molecule has 0 N–H and O–H groups in total. The van der Waals surface area contributed by atoms with Crippen molar-refractivity contribution in [3.05, 3.63) is 50.9 Å². The van der Waals surface area contributed by atoms with Crippen molar-refractivity contribution in [3.8, 4) is 0 Å². The van der Waals surface area contributed by atoms with Gasteiger partial charge in [-0.15, -0.1) is 11.3 Å². The predicted molar refractivity (Wildman–Crippen MR) is 138 cm³/mol. The maximum atomic E-state index is 13.5. The van der Waals surface area contributed by atoms with E-state index in [1.54, 1.807) is 23.0 Å². The Labute approximate surface area is 207 Å². The number of aromatic nitrogens is 4. The van der Waals surface area contributed by atoms with Gasteiger partial charge in [0.05, 0.1) is 30.1 Å². The van der Waals surface area contributed by atoms with E-state index in [9.17, 15) is 4.79 Å². The zero-order chi connectivity index (χ0) is 23.8. The van der Waals surface area contributed by atoms with Gasteiger partial charge in [-0.2, -0.15) is 0 Å². The van der Waals surface area contributed by atoms with Crippen molar-refractivity contribution in [3.63, 3.8) is 0 Å². The van der Waals surface area contributed by atoms with Crippen LogP contribution in [0.15, 0.2) is 39.2 Å². The highest BCUT2D eigenvalue weighted by atomic mass is 32.2. The van der Waals surface area contributed by atoms with Gasteiger partial charge in [-0.25, -0.2) is 15.0 Å². The van der Waals surface area contributed by atoms with Crippen LogP contribution in [-0.2, 0) is 11.3 Å². The average molecular weight is 496 g/mol. The minimum atomic E-state index is -0.163. The average Bonchev–Trinajstić information content (AvgIpc) is 3.41. The second kappa shape index (κ2) is 9.73. The third-order valence-corrected chi connectivity index (χ3v) is 8.48. The van der Waals surface area contributed by atoms with Crippen molar-refractivity contribution >= 4 is 44.2 Å². The van der Waals surface area contributed by atoms with Crippen LogP contribution in [0.5, 0.6) is 0 Å². The zero-order valence-electron chi connectivity index (χ0n) is 20.0. The van der Waals surface area contributed by atoms with E-state index < -0.39 is 0 Å². The Hall–Kier alpha value is -2.33. The summed E-state index contributed by atoms with van der Waals surface area (Å²) in [5.41, 5.74) is 1.82. The summed E-state index contributed by atoms with van der Waals surface area (Å²) in [6.07, 6.45) is 2.46. The van der Waals surface area contributed by atoms with E-state index in [0.29, 0.717) is 22.7 Å². The summed E-state index contributed by atoms with van der Waals surface area (Å²) in [6, 6.07) is 7.35. The zero-order valence-corrected chi connectivity index (χ0v) is 21.6. The van der Waals surface area contributed by atoms with E-state index >= 15 is 0 Å². The smallest absolute Gasteiger partial charge is 0.262 e. The van der Waals surface area contributed by atoms with Crippen LogP contribution >= 0.6 is 23.1 Å². The van der Waals surface area contributed by atoms with Crippen molar-refractivity contribution in [1.82, 2.24) is 24.4 Å². The van der Waals surface area contributed by atoms with Gasteiger partial charge in [-0.3, -0.25) is 14.3 Å². The molecule has 7 nitrogen and oxygen atoms in total. The largest absolute Gasteiger partial charge is 0.383 e. The summed E-state index contributed by atoms with van der Waals surface area (Å²) < 4.78 is 7.14. The Morgan fingerprint density at radius 3 is 2.68 bits per heavy atom. The third-order valence-electron chi connectivity index (χ3n) is 6.42. The van der Waals surface area contributed by atoms with E-state index in [4.69, 9.17) is 19.7 Å². The van der Waals surface area contributed by atoms with Crippen molar-refractivity contribution < 1.29 is 4.74 Å². The highest BCUT2D eigenvalue weighted by molar-refractivity contribution is 7.99. The van der Waals surface area contributed by atoms with E-state index in [0.717, 1.165) is 40.7 Å². The molecule has 5 rings (SSSR count). The first kappa shape index (κ1) is 23.4. The number of nitrogens with zero attached hydrogens (tertiary/aromatic N) is 5. The van der Waals surface area contributed by atoms with Crippen LogP contribution in [0.25, 0.3) is 21.1 Å². The molecule has 1 aromatic carbocycles. The lowest BCUT2D eigenvalue weighted by molar-refractivity contribution is 0.156. The normalized spacial score (nSPS) is 15.5. The summed E-state index contributed by atoms with van der Waals surface area (Å²) in [5.74, 6) is 0.831. The van der Waals surface area contributed by atoms with E-state index in [2.05, 4.69) is 18.7 Å². The SMILES string of the molecule is COCC(C)n1c(Sc2nc(CN3CCCC3)nc3sc(C)c(C)c23)nc2ccccc2c1=O. The molecule has 4 aromatic rings. The number of fused-ring (bicyclic) bond motifs is 2. The third kappa shape index (κ3) is 4.37. The van der Waals surface area contributed by atoms with Crippen LogP contribution < -0.4 is 5.56 Å². The molecule has 0 radical (unpaired) electrons. The first-order chi connectivity index (χ1) is 16.5. The Morgan fingerprint density at radius 2 is 1.91 bits per heavy atom. The number of likely N-dealkylation sites (tertiary alicyclic amines) is 1. The van der Waals surface area contributed by atoms with Gasteiger partial charge < -0.3 is 4.74 Å². The second-order valence-corrected chi connectivity index (χ2v) is 11.0. The second-order valence-electron chi connectivity index (χ2n) is 8.88. The summed E-state index contributed by atoms with van der Waals surface area (Å²) in [4.78, 5) is 33.0. The molecule has 1 unspecified atom stereocenters. The fourth-order valence-corrected chi connectivity index (χ4v) is 6.82. The molecule has 0 spiro atoms. The number of ether oxygens (including phenoxy) is 1. The Kier molecular flexibility index (Phi) is 6.70. The van der Waals surface area contributed by atoms with Crippen molar-refractivity contribution in [2.24, 2.45) is 0 Å². The number of hydrogen-bond donors (Lipinski definition) is 0. The van der Waals surface area contributed by atoms with E-state index in [1.165, 1.54) is 35.0 Å². The van der Waals surface area contributed by atoms with E-state index in [1.807, 2.05) is 31.2 Å². The molecular formula is C25H29N5O2S2. The summed E-state index contributed by atoms with van der Waals surface area (Å²) in [5, 5.41) is 3.16. The van der Waals surface area contributed by atoms with Crippen molar-refractivity contribution in [1.29, 1.82) is 0 Å². The van der Waals surface area contributed by atoms with Crippen LogP contribution in [0.4, 0.5) is 0 Å². The number of benzene rings is 1. The summed E-state index contributed by atoms with van der Waals surface area (Å²) in [7, 11) is 1.65. The topological polar surface area (TPSA) is 73.1 Å². The molecule has 3 aromatic heterocycles. The molecule has 34 heavy (non-hydrogen) atoms. The summed E-state index contributed by atoms with van der Waals surface area (Å²) >= 11 is 3.17. The minimum absolute atomic E-state index is 0.0570. The van der Waals surface area contributed by atoms with Gasteiger partial charge in [0.25, 0.3) is 5.56 Å². The van der Waals surface area contributed by atoms with Gasteiger partial charge in [0.15, 0.2) is 5.16 Å². The maximum absolute atomic E-state index is 13.5. The van der Waals surface area contributed by atoms with Crippen LogP contribution in [0.2, 0.25) is 0 Å². The van der Waals surface area contributed by atoms with Crippen LogP contribution in [0, 0.1) is 13.8 Å². The maximum Gasteiger partial charge on any atom is 0.262 e. The van der Waals surface area contributed by atoms with Gasteiger partial charge in [0.2, 0.25) is 0 Å². The van der Waals surface area contributed by atoms with Gasteiger partial charge in [0, 0.05) is 17.4 Å². The highest BCUT2D eigenvalue weighted by Crippen LogP contribution is 2.38. The Morgan fingerprint density at radius 1 is 1.15 bits per heavy atom. The van der Waals surface area contributed by atoms with Gasteiger partial charge in [-0.1, -0.05) is 12.1 Å². The Balaban J connectivity index is 1.66. The lowest BCUT2D eigenvalue weighted by Gasteiger charge is -2.19. The van der Waals surface area contributed by atoms with Crippen molar-refractivity contribution in [2.75, 3.05) is 26.8 Å². The quantitative estimate of drug-likeness (QED) is 0.265. The standard InChI is InChI=1S/C25H29N5O2S2/c1-15(14-32-4)30-24(31)18-9-5-6-10-19(18)26-25(30)34-23-21-16(2)17(3)33-22(21)27-20(28-23)13-29-11-7-8-12-29/h5-6,9-10,15H,7-8,11-14H2,1-4H3. The molecule has 0 amide bonds. The van der Waals surface area contributed by atoms with E-state index in [-0.39, 0.29) is 11.6 Å². The number of methoxy groups -OCH3 is 1. The highest BCUT2D eigenvalue weighted by Gasteiger charge is 2.22. The Bertz CT molecular complexity index is 1410. The number of aryl methyl sites for hydroxylation is 2. The molecule has 1 fully saturated rings. The molecule has 0 aliphatic carbocycles. The lowest BCUT2D eigenvalue weighted by Crippen LogP contribution is -2.28. The van der Waals surface area contributed by atoms with Crippen LogP contribution in [-0.4, -0.2) is 51.2 Å². The number of hydrogen-bond acceptors (Lipinski definition) is 8. The molecule has 1 aliphatic heterocycles. The number of para-hydroxylation sites is 1. The fraction of sp³-hybridized carbons (Fsp3) is 0.440. The molecule has 4 heterocycles. The monoisotopic (exact) mass is 495 g/mol. The first-order valence-corrected chi connectivity index (χ1v) is 13.3. The van der Waals surface area contributed by atoms with Gasteiger partial charge in [0.1, 0.15) is 15.7 Å². The predicted octanol–water partition coefficient (Wildman–Crippen LogP) is 4.97. The molecule has 1 aliphatic rings. The molecular weight excluding hydrogens is 466 g/mol.